The molecule has 4 nitrogen and oxygen atoms in total. The lowest BCUT2D eigenvalue weighted by Crippen LogP contribution is -2.33. The lowest BCUT2D eigenvalue weighted by atomic mass is 10.1. The van der Waals surface area contributed by atoms with Crippen molar-refractivity contribution in [3.05, 3.63) is 46.7 Å². The van der Waals surface area contributed by atoms with Crippen molar-refractivity contribution >= 4 is 32.8 Å². The van der Waals surface area contributed by atoms with Crippen LogP contribution in [0.3, 0.4) is 0 Å². The molecule has 1 aromatic carbocycles. The molecule has 22 heavy (non-hydrogen) atoms. The molecule has 0 N–H and O–H groups in total. The standard InChI is InChI=1S/C16H19NO3S2/c1-12(2)16(18)17(10-13-8-9-21-11-13)14-4-6-15(7-5-14)22(3,19)20/h4-9,11-12H,10H2,1-3H3. The van der Waals surface area contributed by atoms with Crippen LogP contribution in [0.15, 0.2) is 46.0 Å². The minimum absolute atomic E-state index is 0.0123. The van der Waals surface area contributed by atoms with Gasteiger partial charge in [-0.05, 0) is 46.7 Å². The van der Waals surface area contributed by atoms with Crippen molar-refractivity contribution in [2.24, 2.45) is 5.92 Å². The smallest absolute Gasteiger partial charge is 0.229 e. The summed E-state index contributed by atoms with van der Waals surface area (Å²) in [7, 11) is -3.23. The van der Waals surface area contributed by atoms with Gasteiger partial charge in [-0.1, -0.05) is 13.8 Å². The molecule has 0 aliphatic heterocycles. The van der Waals surface area contributed by atoms with Crippen molar-refractivity contribution in [1.29, 1.82) is 0 Å². The topological polar surface area (TPSA) is 54.5 Å². The highest BCUT2D eigenvalue weighted by molar-refractivity contribution is 7.90. The number of rotatable bonds is 5. The molecule has 0 saturated heterocycles. The Morgan fingerprint density at radius 3 is 2.27 bits per heavy atom. The minimum atomic E-state index is -3.23. The maximum absolute atomic E-state index is 12.5. The zero-order chi connectivity index (χ0) is 16.3. The molecule has 1 aromatic heterocycles. The van der Waals surface area contributed by atoms with Crippen molar-refractivity contribution in [3.63, 3.8) is 0 Å². The Hall–Kier alpha value is -1.66. The number of hydrogen-bond donors (Lipinski definition) is 0. The van der Waals surface area contributed by atoms with Crippen LogP contribution in [0, 0.1) is 5.92 Å². The van der Waals surface area contributed by atoms with Crippen molar-refractivity contribution in [1.82, 2.24) is 0 Å². The number of anilines is 1. The van der Waals surface area contributed by atoms with E-state index in [-0.39, 0.29) is 16.7 Å². The molecule has 1 amide bonds. The van der Waals surface area contributed by atoms with Crippen LogP contribution in [0.2, 0.25) is 0 Å². The molecule has 0 aliphatic rings. The van der Waals surface area contributed by atoms with Crippen LogP contribution in [0.5, 0.6) is 0 Å². The number of benzene rings is 1. The Morgan fingerprint density at radius 2 is 1.82 bits per heavy atom. The summed E-state index contributed by atoms with van der Waals surface area (Å²) in [5.74, 6) is -0.119. The normalized spacial score (nSPS) is 11.6. The summed E-state index contributed by atoms with van der Waals surface area (Å²) in [6.07, 6.45) is 1.17. The van der Waals surface area contributed by atoms with Crippen molar-refractivity contribution in [3.8, 4) is 0 Å². The van der Waals surface area contributed by atoms with Crippen molar-refractivity contribution in [2.75, 3.05) is 11.2 Å². The van der Waals surface area contributed by atoms with E-state index in [1.807, 2.05) is 30.7 Å². The minimum Gasteiger partial charge on any atom is -0.308 e. The maximum Gasteiger partial charge on any atom is 0.229 e. The van der Waals surface area contributed by atoms with E-state index in [2.05, 4.69) is 0 Å². The first kappa shape index (κ1) is 16.7. The van der Waals surface area contributed by atoms with Crippen LogP contribution in [0.1, 0.15) is 19.4 Å². The molecule has 2 rings (SSSR count). The van der Waals surface area contributed by atoms with E-state index < -0.39 is 9.84 Å². The van der Waals surface area contributed by atoms with Crippen LogP contribution >= 0.6 is 11.3 Å². The summed E-state index contributed by atoms with van der Waals surface area (Å²) in [5, 5.41) is 3.98. The van der Waals surface area contributed by atoms with Gasteiger partial charge in [0.2, 0.25) is 5.91 Å². The molecule has 6 heteroatoms. The second kappa shape index (κ2) is 6.62. The van der Waals surface area contributed by atoms with Gasteiger partial charge in [0.15, 0.2) is 9.84 Å². The van der Waals surface area contributed by atoms with Gasteiger partial charge in [-0.3, -0.25) is 4.79 Å². The lowest BCUT2D eigenvalue weighted by molar-refractivity contribution is -0.121. The SMILES string of the molecule is CC(C)C(=O)N(Cc1ccsc1)c1ccc(S(C)(=O)=O)cc1. The fraction of sp³-hybridized carbons (Fsp3) is 0.312. The Balaban J connectivity index is 2.34. The number of sulfone groups is 1. The van der Waals surface area contributed by atoms with Crippen LogP contribution in [0.4, 0.5) is 5.69 Å². The fourth-order valence-electron chi connectivity index (χ4n) is 2.05. The molecule has 118 valence electrons. The molecule has 0 aliphatic carbocycles. The largest absolute Gasteiger partial charge is 0.308 e. The fourth-order valence-corrected chi connectivity index (χ4v) is 3.34. The summed E-state index contributed by atoms with van der Waals surface area (Å²) in [6, 6.07) is 8.43. The van der Waals surface area contributed by atoms with Gasteiger partial charge in [-0.15, -0.1) is 0 Å². The zero-order valence-corrected chi connectivity index (χ0v) is 14.4. The van der Waals surface area contributed by atoms with Crippen LogP contribution in [-0.4, -0.2) is 20.6 Å². The molecule has 2 aromatic rings. The highest BCUT2D eigenvalue weighted by Gasteiger charge is 2.20. The average molecular weight is 337 g/mol. The second-order valence-corrected chi connectivity index (χ2v) is 8.27. The highest BCUT2D eigenvalue weighted by atomic mass is 32.2. The van der Waals surface area contributed by atoms with Gasteiger partial charge in [0, 0.05) is 17.9 Å². The molecule has 0 saturated carbocycles. The summed E-state index contributed by atoms with van der Waals surface area (Å²) >= 11 is 1.59. The van der Waals surface area contributed by atoms with Crippen LogP contribution < -0.4 is 4.90 Å². The Bertz CT molecular complexity index is 732. The second-order valence-electron chi connectivity index (χ2n) is 5.48. The summed E-state index contributed by atoms with van der Waals surface area (Å²) < 4.78 is 23.1. The predicted molar refractivity (Wildman–Crippen MR) is 89.9 cm³/mol. The van der Waals surface area contributed by atoms with Gasteiger partial charge < -0.3 is 4.90 Å². The van der Waals surface area contributed by atoms with E-state index in [9.17, 15) is 13.2 Å². The number of carbonyl (C=O) groups is 1. The molecule has 1 heterocycles. The first-order valence-corrected chi connectivity index (χ1v) is 9.75. The molecule has 0 radical (unpaired) electrons. The van der Waals surface area contributed by atoms with Gasteiger partial charge in [-0.2, -0.15) is 11.3 Å². The quantitative estimate of drug-likeness (QED) is 0.841. The summed E-state index contributed by atoms with van der Waals surface area (Å²) in [4.78, 5) is 14.4. The molecule has 0 bridgehead atoms. The van der Waals surface area contributed by atoms with Crippen molar-refractivity contribution in [2.45, 2.75) is 25.3 Å². The number of thiophene rings is 1. The van der Waals surface area contributed by atoms with E-state index in [4.69, 9.17) is 0 Å². The molecule has 0 fully saturated rings. The van der Waals surface area contributed by atoms with E-state index in [1.54, 1.807) is 40.5 Å². The molecule has 0 unspecified atom stereocenters. The van der Waals surface area contributed by atoms with Gasteiger partial charge in [0.1, 0.15) is 0 Å². The van der Waals surface area contributed by atoms with Crippen molar-refractivity contribution < 1.29 is 13.2 Å². The van der Waals surface area contributed by atoms with Crippen LogP contribution in [0.25, 0.3) is 0 Å². The maximum atomic E-state index is 12.5. The molecular formula is C16H19NO3S2. The van der Waals surface area contributed by atoms with Gasteiger partial charge >= 0.3 is 0 Å². The Labute approximate surface area is 135 Å². The van der Waals surface area contributed by atoms with E-state index in [0.717, 1.165) is 5.56 Å². The number of carbonyl (C=O) groups excluding carboxylic acids is 1. The summed E-state index contributed by atoms with van der Waals surface area (Å²) in [5.41, 5.74) is 1.77. The van der Waals surface area contributed by atoms with E-state index >= 15 is 0 Å². The summed E-state index contributed by atoms with van der Waals surface area (Å²) in [6.45, 7) is 4.19. The predicted octanol–water partition coefficient (Wildman–Crippen LogP) is 3.34. The third-order valence-corrected chi connectivity index (χ3v) is 5.12. The first-order valence-electron chi connectivity index (χ1n) is 6.91. The van der Waals surface area contributed by atoms with Gasteiger partial charge in [0.05, 0.1) is 11.4 Å². The first-order chi connectivity index (χ1) is 10.3. The third kappa shape index (κ3) is 3.96. The number of amides is 1. The molecular weight excluding hydrogens is 318 g/mol. The number of hydrogen-bond acceptors (Lipinski definition) is 4. The molecule has 0 spiro atoms. The lowest BCUT2D eigenvalue weighted by Gasteiger charge is -2.24. The third-order valence-electron chi connectivity index (χ3n) is 3.26. The van der Waals surface area contributed by atoms with E-state index in [1.165, 1.54) is 6.26 Å². The Morgan fingerprint density at radius 1 is 1.18 bits per heavy atom. The Kier molecular flexibility index (Phi) is 5.03. The zero-order valence-electron chi connectivity index (χ0n) is 12.8. The highest BCUT2D eigenvalue weighted by Crippen LogP contribution is 2.23. The molecule has 0 atom stereocenters. The van der Waals surface area contributed by atoms with Crippen LogP contribution in [-0.2, 0) is 21.2 Å². The monoisotopic (exact) mass is 337 g/mol. The van der Waals surface area contributed by atoms with Gasteiger partial charge in [-0.25, -0.2) is 8.42 Å². The van der Waals surface area contributed by atoms with Gasteiger partial charge in [0.25, 0.3) is 0 Å². The van der Waals surface area contributed by atoms with E-state index in [0.29, 0.717) is 12.2 Å². The average Bonchev–Trinajstić information content (AvgIpc) is 2.96. The number of nitrogens with zero attached hydrogens (tertiary/aromatic N) is 1.